The Hall–Kier alpha value is -3.62. The van der Waals surface area contributed by atoms with E-state index in [2.05, 4.69) is 25.8 Å². The first-order valence-corrected chi connectivity index (χ1v) is 10.9. The van der Waals surface area contributed by atoms with Gasteiger partial charge in [-0.3, -0.25) is 4.79 Å². The molecule has 0 aromatic carbocycles. The molecule has 3 aliphatic carbocycles. The molecule has 12 heteroatoms. The van der Waals surface area contributed by atoms with Crippen molar-refractivity contribution in [1.29, 1.82) is 5.26 Å². The molecule has 0 radical (unpaired) electrons. The Morgan fingerprint density at radius 2 is 1.94 bits per heavy atom. The van der Waals surface area contributed by atoms with E-state index < -0.39 is 29.7 Å². The van der Waals surface area contributed by atoms with E-state index >= 15 is 0 Å². The summed E-state index contributed by atoms with van der Waals surface area (Å²) in [6.45, 7) is 0. The number of hydrogen-bond donors (Lipinski definition) is 2. The van der Waals surface area contributed by atoms with E-state index in [1.165, 1.54) is 6.20 Å². The quantitative estimate of drug-likeness (QED) is 0.543. The molecule has 6 rings (SSSR count). The first kappa shape index (κ1) is 22.2. The van der Waals surface area contributed by atoms with Crippen molar-refractivity contribution in [1.82, 2.24) is 19.5 Å². The van der Waals surface area contributed by atoms with Gasteiger partial charge in [0.25, 0.3) is 5.91 Å². The molecule has 9 nitrogen and oxygen atoms in total. The minimum absolute atomic E-state index is 0.0795. The average Bonchev–Trinajstić information content (AvgIpc) is 3.42. The maximum atomic E-state index is 13.0. The number of amides is 1. The number of aromatic nitrogens is 4. The molecule has 0 saturated heterocycles. The smallest absolute Gasteiger partial charge is 0.437 e. The number of fused-ring (bicyclic) bond motifs is 6. The summed E-state index contributed by atoms with van der Waals surface area (Å²) in [5, 5.41) is 9.95. The van der Waals surface area contributed by atoms with Gasteiger partial charge in [0.05, 0.1) is 17.8 Å². The number of nitrogens with one attached hydrogen (secondary N) is 1. The number of carbonyl (C=O) groups is 2. The highest BCUT2D eigenvalue weighted by atomic mass is 19.4. The van der Waals surface area contributed by atoms with Gasteiger partial charge < -0.3 is 20.0 Å². The summed E-state index contributed by atoms with van der Waals surface area (Å²) in [6.07, 6.45) is 0.434. The molecule has 178 valence electrons. The second-order valence-corrected chi connectivity index (χ2v) is 9.28. The predicted molar refractivity (Wildman–Crippen MR) is 112 cm³/mol. The molecule has 3 N–H and O–H groups in total. The van der Waals surface area contributed by atoms with Crippen LogP contribution in [0.2, 0.25) is 0 Å². The number of hydrogen-bond acceptors (Lipinski definition) is 6. The third kappa shape index (κ3) is 3.29. The zero-order valence-corrected chi connectivity index (χ0v) is 18.0. The molecule has 1 unspecified atom stereocenters. The summed E-state index contributed by atoms with van der Waals surface area (Å²) in [4.78, 5) is 35.7. The Bertz CT molecular complexity index is 1330. The number of H-pyrrole nitrogens is 1. The minimum Gasteiger partial charge on any atom is -0.437 e. The fraction of sp³-hybridized carbons (Fsp3) is 0.500. The Labute approximate surface area is 191 Å². The summed E-state index contributed by atoms with van der Waals surface area (Å²) in [5.74, 6) is -3.92. The van der Waals surface area contributed by atoms with Gasteiger partial charge in [-0.05, 0) is 50.0 Å². The van der Waals surface area contributed by atoms with Crippen LogP contribution >= 0.6 is 0 Å². The Kier molecular flexibility index (Phi) is 4.86. The average molecular weight is 474 g/mol. The Morgan fingerprint density at radius 1 is 1.26 bits per heavy atom. The normalized spacial score (nSPS) is 25.4. The van der Waals surface area contributed by atoms with Crippen LogP contribution in [0.1, 0.15) is 56.9 Å². The van der Waals surface area contributed by atoms with Crippen LogP contribution in [0.25, 0.3) is 22.1 Å². The molecule has 1 amide bonds. The number of pyridine rings is 1. The lowest BCUT2D eigenvalue weighted by Crippen LogP contribution is -2.49. The topological polar surface area (TPSA) is 140 Å². The van der Waals surface area contributed by atoms with E-state index in [1.54, 1.807) is 16.8 Å². The van der Waals surface area contributed by atoms with Gasteiger partial charge in [0.15, 0.2) is 5.82 Å². The van der Waals surface area contributed by atoms with Crippen molar-refractivity contribution in [2.75, 3.05) is 0 Å². The molecule has 1 atom stereocenters. The zero-order chi connectivity index (χ0) is 24.3. The van der Waals surface area contributed by atoms with Crippen LogP contribution in [-0.2, 0) is 19.9 Å². The van der Waals surface area contributed by atoms with Crippen molar-refractivity contribution < 1.29 is 27.5 Å². The van der Waals surface area contributed by atoms with Crippen LogP contribution in [-0.4, -0.2) is 37.6 Å². The van der Waals surface area contributed by atoms with Gasteiger partial charge >= 0.3 is 12.1 Å². The van der Waals surface area contributed by atoms with Gasteiger partial charge in [0.2, 0.25) is 6.10 Å². The van der Waals surface area contributed by atoms with Crippen molar-refractivity contribution in [3.8, 4) is 6.07 Å². The van der Waals surface area contributed by atoms with E-state index in [9.17, 15) is 28.0 Å². The van der Waals surface area contributed by atoms with E-state index in [-0.39, 0.29) is 11.2 Å². The number of rotatable bonds is 5. The van der Waals surface area contributed by atoms with E-state index in [1.807, 2.05) is 0 Å². The summed E-state index contributed by atoms with van der Waals surface area (Å²) in [6, 6.07) is 4.05. The highest BCUT2D eigenvalue weighted by Crippen LogP contribution is 2.58. The second kappa shape index (κ2) is 7.44. The third-order valence-corrected chi connectivity index (χ3v) is 7.47. The van der Waals surface area contributed by atoms with Crippen molar-refractivity contribution in [2.45, 2.75) is 62.8 Å². The molecule has 3 aromatic rings. The molecule has 0 spiro atoms. The highest BCUT2D eigenvalue weighted by molar-refractivity contribution is 6.02. The molecule has 3 fully saturated rings. The van der Waals surface area contributed by atoms with Crippen molar-refractivity contribution in [3.63, 3.8) is 0 Å². The summed E-state index contributed by atoms with van der Waals surface area (Å²) in [5.41, 5.74) is 6.26. The van der Waals surface area contributed by atoms with Crippen LogP contribution in [0.4, 0.5) is 13.2 Å². The number of halogens is 3. The Morgan fingerprint density at radius 3 is 2.53 bits per heavy atom. The first-order chi connectivity index (χ1) is 16.1. The van der Waals surface area contributed by atoms with E-state index in [0.717, 1.165) is 19.3 Å². The number of ether oxygens (including phenoxy) is 1. The van der Waals surface area contributed by atoms with Crippen LogP contribution < -0.4 is 5.73 Å². The lowest BCUT2D eigenvalue weighted by Gasteiger charge is -2.54. The summed E-state index contributed by atoms with van der Waals surface area (Å²) < 4.78 is 45.3. The number of carbonyl (C=O) groups excluding carboxylic acids is 2. The molecular weight excluding hydrogens is 453 g/mol. The fourth-order valence-electron chi connectivity index (χ4n) is 5.67. The molecule has 34 heavy (non-hydrogen) atoms. The number of aromatic amines is 1. The van der Waals surface area contributed by atoms with E-state index in [4.69, 9.17) is 5.73 Å². The first-order valence-electron chi connectivity index (χ1n) is 10.9. The van der Waals surface area contributed by atoms with Crippen molar-refractivity contribution in [3.05, 3.63) is 24.3 Å². The maximum absolute atomic E-state index is 13.0. The van der Waals surface area contributed by atoms with Crippen LogP contribution in [0.3, 0.4) is 0 Å². The molecule has 3 aromatic heterocycles. The molecule has 3 heterocycles. The van der Waals surface area contributed by atoms with Gasteiger partial charge in [0.1, 0.15) is 11.2 Å². The van der Waals surface area contributed by atoms with Gasteiger partial charge in [-0.1, -0.05) is 0 Å². The number of alkyl halides is 3. The number of imidazole rings is 1. The number of nitrogens with two attached hydrogens (primary N) is 1. The Balaban J connectivity index is 1.71. The fourth-order valence-corrected chi connectivity index (χ4v) is 5.67. The molecule has 0 aliphatic heterocycles. The monoisotopic (exact) mass is 474 g/mol. The van der Waals surface area contributed by atoms with E-state index in [0.29, 0.717) is 47.8 Å². The minimum atomic E-state index is -5.30. The van der Waals surface area contributed by atoms with Gasteiger partial charge in [-0.25, -0.2) is 14.8 Å². The molecule has 3 aliphatic rings. The van der Waals surface area contributed by atoms with Gasteiger partial charge in [-0.15, -0.1) is 0 Å². The third-order valence-electron chi connectivity index (χ3n) is 7.47. The predicted octanol–water partition coefficient (Wildman–Crippen LogP) is 3.51. The summed E-state index contributed by atoms with van der Waals surface area (Å²) in [7, 11) is 0. The zero-order valence-electron chi connectivity index (χ0n) is 18.0. The van der Waals surface area contributed by atoms with Crippen molar-refractivity contribution >= 4 is 33.9 Å². The number of esters is 1. The molecule has 3 saturated carbocycles. The van der Waals surface area contributed by atoms with Gasteiger partial charge in [0, 0.05) is 23.5 Å². The largest absolute Gasteiger partial charge is 0.490 e. The van der Waals surface area contributed by atoms with Crippen LogP contribution in [0.15, 0.2) is 18.5 Å². The number of nitriles is 1. The molecule has 2 bridgehead atoms. The number of primary amides is 1. The molecular formula is C22H21F3N6O3. The van der Waals surface area contributed by atoms with Crippen LogP contribution in [0.5, 0.6) is 0 Å². The highest BCUT2D eigenvalue weighted by Gasteiger charge is 2.52. The van der Waals surface area contributed by atoms with Crippen LogP contribution in [0, 0.1) is 16.7 Å². The SMILES string of the molecule is N#CCC12CCC(n3c(C(OC(=O)C(F)(F)F)C(N)=O)nc4cnc5[nH]ccc5c43)(CC1)CC2. The lowest BCUT2D eigenvalue weighted by atomic mass is 9.56. The maximum Gasteiger partial charge on any atom is 0.490 e. The summed E-state index contributed by atoms with van der Waals surface area (Å²) >= 11 is 0. The second-order valence-electron chi connectivity index (χ2n) is 9.28. The number of nitrogens with zero attached hydrogens (tertiary/aromatic N) is 4. The van der Waals surface area contributed by atoms with Gasteiger partial charge in [-0.2, -0.15) is 18.4 Å². The van der Waals surface area contributed by atoms with Crippen molar-refractivity contribution in [2.24, 2.45) is 11.1 Å². The lowest BCUT2D eigenvalue weighted by molar-refractivity contribution is -0.206. The standard InChI is InChI=1S/C22H21F3N6O3/c23-22(24,25)19(33)34-15(16(27)32)18-30-13-11-29-17-12(1-10-28-17)14(13)31(18)21-5-2-20(3-6-21,4-7-21)8-9-26/h1,10-11,15H,2-8H2,(H2,27,32)(H,28,29).